The molecule has 0 saturated heterocycles. The van der Waals surface area contributed by atoms with Crippen LogP contribution >= 0.6 is 0 Å². The second-order valence-electron chi connectivity index (χ2n) is 4.28. The summed E-state index contributed by atoms with van der Waals surface area (Å²) in [5, 5.41) is 9.53. The normalized spacial score (nSPS) is 13.9. The molecule has 0 aromatic carbocycles. The molecule has 0 amide bonds. The first-order valence-electron chi connectivity index (χ1n) is 6.09. The average Bonchev–Trinajstić information content (AvgIpc) is 2.15. The van der Waals surface area contributed by atoms with Gasteiger partial charge in [-0.25, -0.2) is 0 Å². The molecule has 0 bridgehead atoms. The Hall–Kier alpha value is -0.130. The number of hydrogen-bond acceptors (Lipinski definition) is 3. The Morgan fingerprint density at radius 1 is 1.00 bits per heavy atom. The number of aliphatic hydroxyl groups excluding tert-OH is 1. The van der Waals surface area contributed by atoms with E-state index in [1.807, 2.05) is 0 Å². The second-order valence-corrected chi connectivity index (χ2v) is 5.86. The lowest BCUT2D eigenvalue weighted by molar-refractivity contribution is 0.150. The van der Waals surface area contributed by atoms with Crippen molar-refractivity contribution in [3.05, 3.63) is 0 Å². The van der Waals surface area contributed by atoms with Crippen LogP contribution in [0, 0.1) is 0 Å². The van der Waals surface area contributed by atoms with Crippen LogP contribution in [0.5, 0.6) is 0 Å². The zero-order valence-corrected chi connectivity index (χ0v) is 10.9. The Morgan fingerprint density at radius 2 is 1.56 bits per heavy atom. The van der Waals surface area contributed by atoms with Crippen LogP contribution < -0.4 is 0 Å². The van der Waals surface area contributed by atoms with Crippen molar-refractivity contribution in [3.8, 4) is 0 Å². The van der Waals surface area contributed by atoms with Crippen LogP contribution in [0.1, 0.15) is 58.3 Å². The molecule has 0 radical (unpaired) electrons. The van der Waals surface area contributed by atoms with Crippen molar-refractivity contribution in [2.45, 2.75) is 64.4 Å². The second kappa shape index (κ2) is 8.96. The summed E-state index contributed by atoms with van der Waals surface area (Å²) in [4.78, 5) is 0. The Labute approximate surface area is 98.8 Å². The Balaban J connectivity index is 3.34. The predicted octanol–water partition coefficient (Wildman–Crippen LogP) is 2.38. The van der Waals surface area contributed by atoms with E-state index in [1.54, 1.807) is 0 Å². The molecule has 0 aliphatic heterocycles. The topological polar surface area (TPSA) is 74.6 Å². The molecule has 0 aromatic rings. The molecule has 0 rings (SSSR count). The molecule has 0 fully saturated rings. The largest absolute Gasteiger partial charge is 0.393 e. The first-order chi connectivity index (χ1) is 7.45. The number of rotatable bonds is 10. The molecule has 0 aromatic heterocycles. The zero-order chi connectivity index (χ0) is 12.4. The van der Waals surface area contributed by atoms with Crippen molar-refractivity contribution in [2.75, 3.05) is 5.75 Å². The minimum atomic E-state index is -3.86. The van der Waals surface area contributed by atoms with Crippen LogP contribution in [0.3, 0.4) is 0 Å². The van der Waals surface area contributed by atoms with Gasteiger partial charge in [-0.05, 0) is 19.3 Å². The molecular weight excluding hydrogens is 228 g/mol. The average molecular weight is 252 g/mol. The van der Waals surface area contributed by atoms with Gasteiger partial charge in [-0.3, -0.25) is 4.55 Å². The maximum Gasteiger partial charge on any atom is 0.264 e. The molecule has 0 aliphatic rings. The lowest BCUT2D eigenvalue weighted by Gasteiger charge is -2.09. The lowest BCUT2D eigenvalue weighted by atomic mass is 10.1. The quantitative estimate of drug-likeness (QED) is 0.462. The van der Waals surface area contributed by atoms with Crippen LogP contribution in [0.15, 0.2) is 0 Å². The van der Waals surface area contributed by atoms with Crippen molar-refractivity contribution >= 4 is 10.1 Å². The SMILES string of the molecule is CCCCCCCC(O)CCCS(=O)(=O)O. The highest BCUT2D eigenvalue weighted by molar-refractivity contribution is 7.85. The van der Waals surface area contributed by atoms with E-state index in [-0.39, 0.29) is 5.75 Å². The highest BCUT2D eigenvalue weighted by atomic mass is 32.2. The van der Waals surface area contributed by atoms with Crippen LogP contribution in [-0.4, -0.2) is 29.9 Å². The standard InChI is InChI=1S/C11H24O4S/c1-2-3-4-5-6-8-11(12)9-7-10-16(13,14)15/h11-12H,2-10H2,1H3,(H,13,14,15). The lowest BCUT2D eigenvalue weighted by Crippen LogP contribution is -2.10. The van der Waals surface area contributed by atoms with Crippen molar-refractivity contribution in [1.29, 1.82) is 0 Å². The van der Waals surface area contributed by atoms with Gasteiger partial charge < -0.3 is 5.11 Å². The Morgan fingerprint density at radius 3 is 2.12 bits per heavy atom. The Bertz CT molecular complexity index is 249. The van der Waals surface area contributed by atoms with Gasteiger partial charge in [0, 0.05) is 0 Å². The molecule has 98 valence electrons. The Kier molecular flexibility index (Phi) is 8.89. The van der Waals surface area contributed by atoms with Crippen molar-refractivity contribution in [1.82, 2.24) is 0 Å². The predicted molar refractivity (Wildman–Crippen MR) is 65.0 cm³/mol. The van der Waals surface area contributed by atoms with E-state index in [0.717, 1.165) is 19.3 Å². The summed E-state index contributed by atoms with van der Waals surface area (Å²) in [5.41, 5.74) is 0. The summed E-state index contributed by atoms with van der Waals surface area (Å²) in [6.45, 7) is 2.16. The van der Waals surface area contributed by atoms with Gasteiger partial charge in [0.15, 0.2) is 0 Å². The van der Waals surface area contributed by atoms with Gasteiger partial charge in [-0.1, -0.05) is 39.0 Å². The summed E-state index contributed by atoms with van der Waals surface area (Å²) in [6.07, 6.45) is 6.85. The van der Waals surface area contributed by atoms with E-state index in [9.17, 15) is 13.5 Å². The number of unbranched alkanes of at least 4 members (excludes halogenated alkanes) is 4. The molecule has 0 saturated carbocycles. The highest BCUT2D eigenvalue weighted by Gasteiger charge is 2.08. The van der Waals surface area contributed by atoms with Gasteiger partial charge in [0.2, 0.25) is 0 Å². The third-order valence-corrected chi connectivity index (χ3v) is 3.39. The minimum absolute atomic E-state index is 0.250. The fourth-order valence-corrected chi connectivity index (χ4v) is 2.16. The summed E-state index contributed by atoms with van der Waals surface area (Å²) in [5.74, 6) is -0.250. The molecule has 5 heteroatoms. The summed E-state index contributed by atoms with van der Waals surface area (Å²) < 4.78 is 29.3. The van der Waals surface area contributed by atoms with Gasteiger partial charge in [0.25, 0.3) is 10.1 Å². The maximum absolute atomic E-state index is 10.4. The molecule has 0 spiro atoms. The molecule has 0 heterocycles. The molecule has 1 atom stereocenters. The van der Waals surface area contributed by atoms with Crippen molar-refractivity contribution in [2.24, 2.45) is 0 Å². The molecule has 4 nitrogen and oxygen atoms in total. The van der Waals surface area contributed by atoms with Gasteiger partial charge in [0.1, 0.15) is 0 Å². The van der Waals surface area contributed by atoms with Crippen LogP contribution in [0.2, 0.25) is 0 Å². The maximum atomic E-state index is 10.4. The highest BCUT2D eigenvalue weighted by Crippen LogP contribution is 2.10. The van der Waals surface area contributed by atoms with Crippen LogP contribution in [0.4, 0.5) is 0 Å². The smallest absolute Gasteiger partial charge is 0.264 e. The van der Waals surface area contributed by atoms with Gasteiger partial charge in [-0.15, -0.1) is 0 Å². The number of hydrogen-bond donors (Lipinski definition) is 2. The summed E-state index contributed by atoms with van der Waals surface area (Å²) in [6, 6.07) is 0. The summed E-state index contributed by atoms with van der Waals surface area (Å²) in [7, 11) is -3.86. The van der Waals surface area contributed by atoms with E-state index >= 15 is 0 Å². The number of aliphatic hydroxyl groups is 1. The first-order valence-corrected chi connectivity index (χ1v) is 7.70. The fraction of sp³-hybridized carbons (Fsp3) is 1.00. The van der Waals surface area contributed by atoms with Gasteiger partial charge in [0.05, 0.1) is 11.9 Å². The molecular formula is C11H24O4S. The van der Waals surface area contributed by atoms with E-state index < -0.39 is 16.2 Å². The van der Waals surface area contributed by atoms with Crippen LogP contribution in [0.25, 0.3) is 0 Å². The van der Waals surface area contributed by atoms with Crippen molar-refractivity contribution in [3.63, 3.8) is 0 Å². The molecule has 2 N–H and O–H groups in total. The van der Waals surface area contributed by atoms with Gasteiger partial charge >= 0.3 is 0 Å². The molecule has 1 unspecified atom stereocenters. The van der Waals surface area contributed by atoms with E-state index in [1.165, 1.54) is 19.3 Å². The first kappa shape index (κ1) is 15.9. The fourth-order valence-electron chi connectivity index (χ4n) is 1.63. The van der Waals surface area contributed by atoms with Crippen LogP contribution in [-0.2, 0) is 10.1 Å². The van der Waals surface area contributed by atoms with Gasteiger partial charge in [-0.2, -0.15) is 8.42 Å². The molecule has 16 heavy (non-hydrogen) atoms. The third kappa shape index (κ3) is 11.9. The summed E-state index contributed by atoms with van der Waals surface area (Å²) >= 11 is 0. The van der Waals surface area contributed by atoms with E-state index in [0.29, 0.717) is 12.8 Å². The van der Waals surface area contributed by atoms with E-state index in [4.69, 9.17) is 4.55 Å². The monoisotopic (exact) mass is 252 g/mol. The zero-order valence-electron chi connectivity index (χ0n) is 10.1. The minimum Gasteiger partial charge on any atom is -0.393 e. The third-order valence-electron chi connectivity index (χ3n) is 2.58. The molecule has 0 aliphatic carbocycles. The van der Waals surface area contributed by atoms with E-state index in [2.05, 4.69) is 6.92 Å². The van der Waals surface area contributed by atoms with Crippen molar-refractivity contribution < 1.29 is 18.1 Å².